The van der Waals surface area contributed by atoms with Crippen LogP contribution in [0.15, 0.2) is 24.3 Å². The largest absolute Gasteiger partial charge is 0.573 e. The van der Waals surface area contributed by atoms with Crippen LogP contribution in [0, 0.1) is 0 Å². The SMILES string of the molecule is [2H]C([2H])([2H])C(=O)N[C@@H](C)C(=O)N1CCN(c2cccc(OC(F)(F)F)c2)CC1. The monoisotopic (exact) mass is 362 g/mol. The van der Waals surface area contributed by atoms with Crippen LogP contribution in [0.3, 0.4) is 0 Å². The van der Waals surface area contributed by atoms with Crippen molar-refractivity contribution >= 4 is 17.5 Å². The number of piperazine rings is 1. The first-order chi connectivity index (χ1) is 12.9. The molecule has 1 aliphatic heterocycles. The van der Waals surface area contributed by atoms with Crippen LogP contribution in [-0.4, -0.2) is 55.3 Å². The fourth-order valence-corrected chi connectivity index (χ4v) is 2.59. The average molecular weight is 362 g/mol. The van der Waals surface area contributed by atoms with Crippen molar-refractivity contribution in [1.82, 2.24) is 10.2 Å². The standard InChI is InChI=1S/C16H20F3N3O3/c1-11(20-12(2)23)15(24)22-8-6-21(7-9-22)13-4-3-5-14(10-13)25-16(17,18)19/h3-5,10-11H,6-9H2,1-2H3,(H,20,23)/t11-/m0/s1/i2D3. The van der Waals surface area contributed by atoms with E-state index >= 15 is 0 Å². The molecule has 0 aliphatic carbocycles. The van der Waals surface area contributed by atoms with Crippen molar-refractivity contribution in [1.29, 1.82) is 0 Å². The van der Waals surface area contributed by atoms with E-state index in [-0.39, 0.29) is 18.8 Å². The highest BCUT2D eigenvalue weighted by Crippen LogP contribution is 2.27. The molecule has 2 rings (SSSR count). The second kappa shape index (κ2) is 7.62. The molecule has 6 nitrogen and oxygen atoms in total. The molecular formula is C16H20F3N3O3. The van der Waals surface area contributed by atoms with E-state index < -0.39 is 31.1 Å². The molecule has 0 unspecified atom stereocenters. The Hall–Kier alpha value is -2.45. The summed E-state index contributed by atoms with van der Waals surface area (Å²) < 4.78 is 62.0. The fraction of sp³-hybridized carbons (Fsp3) is 0.500. The lowest BCUT2D eigenvalue weighted by Crippen LogP contribution is -2.54. The predicted octanol–water partition coefficient (Wildman–Crippen LogP) is 1.76. The van der Waals surface area contributed by atoms with Gasteiger partial charge in [-0.1, -0.05) is 6.07 Å². The Bertz CT molecular complexity index is 720. The van der Waals surface area contributed by atoms with Crippen LogP contribution in [-0.2, 0) is 9.59 Å². The lowest BCUT2D eigenvalue weighted by atomic mass is 10.2. The highest BCUT2D eigenvalue weighted by atomic mass is 19.4. The van der Waals surface area contributed by atoms with Crippen LogP contribution in [0.2, 0.25) is 0 Å². The van der Waals surface area contributed by atoms with E-state index in [9.17, 15) is 22.8 Å². The summed E-state index contributed by atoms with van der Waals surface area (Å²) in [6, 6.07) is 4.55. The van der Waals surface area contributed by atoms with Gasteiger partial charge in [-0.3, -0.25) is 9.59 Å². The molecule has 0 radical (unpaired) electrons. The van der Waals surface area contributed by atoms with Crippen LogP contribution < -0.4 is 15.0 Å². The molecular weight excluding hydrogens is 339 g/mol. The molecule has 0 spiro atoms. The number of nitrogens with zero attached hydrogens (tertiary/aromatic N) is 2. The molecule has 1 aliphatic rings. The minimum Gasteiger partial charge on any atom is -0.406 e. The van der Waals surface area contributed by atoms with Crippen molar-refractivity contribution < 1.29 is 31.6 Å². The van der Waals surface area contributed by atoms with Crippen molar-refractivity contribution in [2.45, 2.75) is 26.2 Å². The summed E-state index contributed by atoms with van der Waals surface area (Å²) in [7, 11) is 0. The smallest absolute Gasteiger partial charge is 0.406 e. The van der Waals surface area contributed by atoms with Crippen LogP contribution in [0.25, 0.3) is 0 Å². The van der Waals surface area contributed by atoms with Gasteiger partial charge in [0.15, 0.2) is 0 Å². The summed E-state index contributed by atoms with van der Waals surface area (Å²) in [4.78, 5) is 27.1. The Morgan fingerprint density at radius 3 is 2.56 bits per heavy atom. The molecule has 1 atom stereocenters. The third kappa shape index (κ3) is 5.54. The lowest BCUT2D eigenvalue weighted by Gasteiger charge is -2.37. The average Bonchev–Trinajstić information content (AvgIpc) is 2.59. The number of alkyl halides is 3. The minimum absolute atomic E-state index is 0.275. The third-order valence-corrected chi connectivity index (χ3v) is 3.73. The number of benzene rings is 1. The molecule has 1 N–H and O–H groups in total. The van der Waals surface area contributed by atoms with Crippen LogP contribution in [0.1, 0.15) is 17.9 Å². The number of ether oxygens (including phenoxy) is 1. The molecule has 1 heterocycles. The second-order valence-corrected chi connectivity index (χ2v) is 5.55. The van der Waals surface area contributed by atoms with E-state index in [4.69, 9.17) is 4.11 Å². The van der Waals surface area contributed by atoms with E-state index in [2.05, 4.69) is 10.1 Å². The summed E-state index contributed by atoms with van der Waals surface area (Å²) in [6.45, 7) is -0.163. The summed E-state index contributed by atoms with van der Waals surface area (Å²) in [5.41, 5.74) is 0.526. The molecule has 138 valence electrons. The van der Waals surface area contributed by atoms with Gasteiger partial charge < -0.3 is 19.9 Å². The van der Waals surface area contributed by atoms with Gasteiger partial charge >= 0.3 is 6.36 Å². The van der Waals surface area contributed by atoms with E-state index in [1.807, 2.05) is 0 Å². The Morgan fingerprint density at radius 1 is 1.28 bits per heavy atom. The summed E-state index contributed by atoms with van der Waals surface area (Å²) >= 11 is 0. The fourth-order valence-electron chi connectivity index (χ4n) is 2.59. The topological polar surface area (TPSA) is 61.9 Å². The van der Waals surface area contributed by atoms with Gasteiger partial charge in [0, 0.05) is 48.9 Å². The highest BCUT2D eigenvalue weighted by molar-refractivity contribution is 5.86. The van der Waals surface area contributed by atoms with Gasteiger partial charge in [0.05, 0.1) is 0 Å². The van der Waals surface area contributed by atoms with Crippen molar-refractivity contribution in [3.05, 3.63) is 24.3 Å². The number of amides is 2. The van der Waals surface area contributed by atoms with E-state index in [0.29, 0.717) is 18.8 Å². The number of nitrogens with one attached hydrogen (secondary N) is 1. The molecule has 25 heavy (non-hydrogen) atoms. The van der Waals surface area contributed by atoms with Gasteiger partial charge in [0.1, 0.15) is 11.8 Å². The maximum absolute atomic E-state index is 12.4. The van der Waals surface area contributed by atoms with Gasteiger partial charge in [0.25, 0.3) is 0 Å². The maximum atomic E-state index is 12.4. The number of rotatable bonds is 4. The molecule has 1 aromatic carbocycles. The van der Waals surface area contributed by atoms with Crippen molar-refractivity contribution in [3.8, 4) is 5.75 Å². The molecule has 1 saturated heterocycles. The molecule has 0 aromatic heterocycles. The Kier molecular flexibility index (Phi) is 4.53. The van der Waals surface area contributed by atoms with Crippen LogP contribution >= 0.6 is 0 Å². The van der Waals surface area contributed by atoms with Crippen molar-refractivity contribution in [2.75, 3.05) is 31.1 Å². The van der Waals surface area contributed by atoms with Crippen LogP contribution in [0.4, 0.5) is 18.9 Å². The minimum atomic E-state index is -4.78. The van der Waals surface area contributed by atoms with E-state index in [1.54, 1.807) is 11.0 Å². The summed E-state index contributed by atoms with van der Waals surface area (Å²) in [6.07, 6.45) is -4.78. The van der Waals surface area contributed by atoms with Gasteiger partial charge in [-0.2, -0.15) is 0 Å². The molecule has 1 aromatic rings. The number of carbonyl (C=O) groups excluding carboxylic acids is 2. The zero-order valence-electron chi connectivity index (χ0n) is 16.5. The Balaban J connectivity index is 1.93. The number of anilines is 1. The van der Waals surface area contributed by atoms with Crippen LogP contribution in [0.5, 0.6) is 5.75 Å². The molecule has 2 amide bonds. The van der Waals surface area contributed by atoms with Gasteiger partial charge in [-0.05, 0) is 19.1 Å². The number of hydrogen-bond donors (Lipinski definition) is 1. The third-order valence-electron chi connectivity index (χ3n) is 3.73. The van der Waals surface area contributed by atoms with Gasteiger partial charge in [-0.15, -0.1) is 13.2 Å². The number of carbonyl (C=O) groups is 2. The lowest BCUT2D eigenvalue weighted by molar-refractivity contribution is -0.274. The summed E-state index contributed by atoms with van der Waals surface area (Å²) in [5.74, 6) is -1.95. The number of hydrogen-bond acceptors (Lipinski definition) is 4. The summed E-state index contributed by atoms with van der Waals surface area (Å²) in [5, 5.41) is 2.16. The first-order valence-corrected chi connectivity index (χ1v) is 7.57. The van der Waals surface area contributed by atoms with Crippen molar-refractivity contribution in [3.63, 3.8) is 0 Å². The molecule has 9 heteroatoms. The molecule has 1 fully saturated rings. The number of halogens is 3. The van der Waals surface area contributed by atoms with Gasteiger partial charge in [0.2, 0.25) is 11.8 Å². The zero-order valence-corrected chi connectivity index (χ0v) is 13.5. The van der Waals surface area contributed by atoms with E-state index in [0.717, 1.165) is 0 Å². The Labute approximate surface area is 147 Å². The molecule has 0 saturated carbocycles. The highest BCUT2D eigenvalue weighted by Gasteiger charge is 2.31. The predicted molar refractivity (Wildman–Crippen MR) is 85.2 cm³/mol. The maximum Gasteiger partial charge on any atom is 0.573 e. The first-order valence-electron chi connectivity index (χ1n) is 9.07. The quantitative estimate of drug-likeness (QED) is 0.887. The Morgan fingerprint density at radius 2 is 1.96 bits per heavy atom. The zero-order chi connectivity index (χ0) is 21.1. The normalized spacial score (nSPS) is 18.6. The van der Waals surface area contributed by atoms with Crippen molar-refractivity contribution in [2.24, 2.45) is 0 Å². The van der Waals surface area contributed by atoms with Gasteiger partial charge in [-0.25, -0.2) is 0 Å². The van der Waals surface area contributed by atoms with E-state index in [1.165, 1.54) is 30.0 Å². The first kappa shape index (κ1) is 14.9. The second-order valence-electron chi connectivity index (χ2n) is 5.55. The molecule has 0 bridgehead atoms.